The van der Waals surface area contributed by atoms with Crippen molar-refractivity contribution in [2.45, 2.75) is 12.7 Å². The number of para-hydroxylation sites is 1. The Kier molecular flexibility index (Phi) is 5.40. The smallest absolute Gasteiger partial charge is 0.269 e. The third-order valence-corrected chi connectivity index (χ3v) is 5.82. The molecule has 2 aromatic carbocycles. The van der Waals surface area contributed by atoms with E-state index in [0.717, 1.165) is 15.8 Å². The van der Waals surface area contributed by atoms with Gasteiger partial charge in [0.25, 0.3) is 5.69 Å². The van der Waals surface area contributed by atoms with Crippen molar-refractivity contribution in [2.75, 3.05) is 11.1 Å². The number of nitrogens with one attached hydrogen (secondary N) is 1. The summed E-state index contributed by atoms with van der Waals surface area (Å²) in [6, 6.07) is 12.3. The second kappa shape index (κ2) is 7.71. The maximum atomic E-state index is 12.1. The minimum absolute atomic E-state index is 0.0106. The highest BCUT2D eigenvalue weighted by Crippen LogP contribution is 2.34. The van der Waals surface area contributed by atoms with Gasteiger partial charge in [0.05, 0.1) is 16.4 Å². The van der Waals surface area contributed by atoms with Crippen molar-refractivity contribution in [3.05, 3.63) is 63.7 Å². The molecule has 0 fully saturated rings. The third-order valence-electron chi connectivity index (χ3n) is 3.58. The highest BCUT2D eigenvalue weighted by atomic mass is 32.2. The van der Waals surface area contributed by atoms with Crippen LogP contribution in [0, 0.1) is 17.0 Å². The van der Waals surface area contributed by atoms with Gasteiger partial charge >= 0.3 is 0 Å². The molecule has 1 amide bonds. The number of aliphatic imine (C=N–C) groups is 1. The summed E-state index contributed by atoms with van der Waals surface area (Å²) in [5.74, 6) is 0.930. The molecule has 25 heavy (non-hydrogen) atoms. The maximum absolute atomic E-state index is 12.1. The summed E-state index contributed by atoms with van der Waals surface area (Å²) in [7, 11) is 0. The summed E-state index contributed by atoms with van der Waals surface area (Å²) in [5.41, 5.74) is 3.40. The van der Waals surface area contributed by atoms with Crippen LogP contribution in [0.3, 0.4) is 0 Å². The highest BCUT2D eigenvalue weighted by molar-refractivity contribution is 8.38. The molecule has 8 heteroatoms. The average Bonchev–Trinajstić information content (AvgIpc) is 2.61. The Labute approximate surface area is 153 Å². The second-order valence-corrected chi connectivity index (χ2v) is 7.57. The van der Waals surface area contributed by atoms with Crippen LogP contribution in [0.5, 0.6) is 0 Å². The van der Waals surface area contributed by atoms with Crippen LogP contribution >= 0.6 is 23.5 Å². The number of aryl methyl sites for hydroxylation is 1. The van der Waals surface area contributed by atoms with E-state index in [1.165, 1.54) is 29.5 Å². The Morgan fingerprint density at radius 1 is 1.36 bits per heavy atom. The number of nitro benzene ring substituents is 1. The quantitative estimate of drug-likeness (QED) is 0.629. The number of rotatable bonds is 4. The molecule has 0 aliphatic carbocycles. The van der Waals surface area contributed by atoms with Gasteiger partial charge in [-0.25, -0.2) is 4.99 Å². The first-order valence-corrected chi connectivity index (χ1v) is 9.47. The van der Waals surface area contributed by atoms with Crippen LogP contribution in [0.15, 0.2) is 47.5 Å². The summed E-state index contributed by atoms with van der Waals surface area (Å²) in [6.07, 6.45) is 0. The van der Waals surface area contributed by atoms with Gasteiger partial charge in [-0.2, -0.15) is 0 Å². The normalized spacial score (nSPS) is 12.9. The lowest BCUT2D eigenvalue weighted by Gasteiger charge is -2.14. The van der Waals surface area contributed by atoms with Gasteiger partial charge in [-0.05, 0) is 30.2 Å². The van der Waals surface area contributed by atoms with Crippen LogP contribution in [0.4, 0.5) is 17.1 Å². The molecule has 1 N–H and O–H groups in total. The van der Waals surface area contributed by atoms with Crippen LogP contribution in [-0.4, -0.2) is 21.0 Å². The van der Waals surface area contributed by atoms with Gasteiger partial charge in [-0.15, -0.1) is 0 Å². The van der Waals surface area contributed by atoms with Crippen LogP contribution in [0.25, 0.3) is 0 Å². The molecule has 0 bridgehead atoms. The molecule has 1 aliphatic heterocycles. The van der Waals surface area contributed by atoms with Crippen molar-refractivity contribution < 1.29 is 9.72 Å². The van der Waals surface area contributed by atoms with Crippen molar-refractivity contribution in [3.8, 4) is 0 Å². The zero-order valence-corrected chi connectivity index (χ0v) is 15.0. The van der Waals surface area contributed by atoms with Crippen molar-refractivity contribution in [2.24, 2.45) is 4.99 Å². The predicted molar refractivity (Wildman–Crippen MR) is 104 cm³/mol. The van der Waals surface area contributed by atoms with Crippen LogP contribution in [0.2, 0.25) is 0 Å². The maximum Gasteiger partial charge on any atom is 0.269 e. The molecule has 0 saturated heterocycles. The molecule has 128 valence electrons. The van der Waals surface area contributed by atoms with Gasteiger partial charge in [-0.1, -0.05) is 41.7 Å². The van der Waals surface area contributed by atoms with Crippen molar-refractivity contribution in [1.82, 2.24) is 0 Å². The Bertz CT molecular complexity index is 868. The third kappa shape index (κ3) is 4.40. The molecule has 2 aromatic rings. The minimum atomic E-state index is -0.454. The van der Waals surface area contributed by atoms with E-state index in [1.807, 2.05) is 18.2 Å². The van der Waals surface area contributed by atoms with E-state index in [2.05, 4.69) is 16.4 Å². The topological polar surface area (TPSA) is 84.6 Å². The lowest BCUT2D eigenvalue weighted by atomic mass is 10.2. The number of carbonyl (C=O) groups excluding carboxylic acids is 1. The van der Waals surface area contributed by atoms with E-state index >= 15 is 0 Å². The van der Waals surface area contributed by atoms with Gasteiger partial charge in [0.15, 0.2) is 0 Å². The lowest BCUT2D eigenvalue weighted by molar-refractivity contribution is -0.384. The molecule has 0 saturated carbocycles. The van der Waals surface area contributed by atoms with Crippen LogP contribution in [-0.2, 0) is 10.5 Å². The molecule has 6 nitrogen and oxygen atoms in total. The fourth-order valence-electron chi connectivity index (χ4n) is 2.30. The summed E-state index contributed by atoms with van der Waals surface area (Å²) in [5, 5.41) is 13.5. The zero-order valence-electron chi connectivity index (χ0n) is 13.4. The molecule has 0 atom stereocenters. The summed E-state index contributed by atoms with van der Waals surface area (Å²) < 4.78 is 0.870. The number of non-ortho nitro benzene ring substituents is 1. The number of fused-ring (bicyclic) bond motifs is 1. The van der Waals surface area contributed by atoms with Gasteiger partial charge in [0.2, 0.25) is 5.91 Å². The Balaban J connectivity index is 1.59. The minimum Gasteiger partial charge on any atom is -0.325 e. The Morgan fingerprint density at radius 2 is 2.16 bits per heavy atom. The van der Waals surface area contributed by atoms with Crippen molar-refractivity contribution in [1.29, 1.82) is 0 Å². The Morgan fingerprint density at radius 3 is 2.92 bits per heavy atom. The lowest BCUT2D eigenvalue weighted by Crippen LogP contribution is -2.16. The van der Waals surface area contributed by atoms with E-state index in [9.17, 15) is 14.9 Å². The van der Waals surface area contributed by atoms with E-state index < -0.39 is 4.92 Å². The van der Waals surface area contributed by atoms with E-state index in [0.29, 0.717) is 11.3 Å². The molecular formula is C17H15N3O3S2. The number of anilines is 1. The number of nitrogens with zero attached hydrogens (tertiary/aromatic N) is 2. The molecule has 0 unspecified atom stereocenters. The number of thioether (sulfide) groups is 2. The van der Waals surface area contributed by atoms with E-state index in [4.69, 9.17) is 0 Å². The van der Waals surface area contributed by atoms with E-state index in [-0.39, 0.29) is 17.3 Å². The van der Waals surface area contributed by atoms with Gasteiger partial charge in [0, 0.05) is 23.6 Å². The first-order valence-electron chi connectivity index (χ1n) is 7.50. The number of carbonyl (C=O) groups is 1. The van der Waals surface area contributed by atoms with E-state index in [1.54, 1.807) is 24.8 Å². The number of amides is 1. The summed E-state index contributed by atoms with van der Waals surface area (Å²) in [4.78, 5) is 27.0. The second-order valence-electron chi connectivity index (χ2n) is 5.39. The van der Waals surface area contributed by atoms with Crippen LogP contribution < -0.4 is 5.32 Å². The Hall–Kier alpha value is -2.32. The highest BCUT2D eigenvalue weighted by Gasteiger charge is 2.15. The standard InChI is InChI=1S/C17H15N3O3S2/c1-11-8-13(20(22)23)6-7-14(11)18-16(21)10-25-17-19-15-5-3-2-4-12(15)9-24-17/h2-8H,9-10H2,1H3,(H,18,21). The molecular weight excluding hydrogens is 358 g/mol. The molecule has 1 heterocycles. The SMILES string of the molecule is Cc1cc([N+](=O)[O-])ccc1NC(=O)CSC1=Nc2ccccc2CS1. The molecule has 3 rings (SSSR count). The first-order chi connectivity index (χ1) is 12.0. The summed E-state index contributed by atoms with van der Waals surface area (Å²) in [6.45, 7) is 1.73. The fraction of sp³-hybridized carbons (Fsp3) is 0.176. The molecule has 1 aliphatic rings. The fourth-order valence-corrected chi connectivity index (χ4v) is 4.16. The average molecular weight is 373 g/mol. The number of nitro groups is 1. The number of hydrogen-bond acceptors (Lipinski definition) is 6. The monoisotopic (exact) mass is 373 g/mol. The largest absolute Gasteiger partial charge is 0.325 e. The van der Waals surface area contributed by atoms with Crippen LogP contribution in [0.1, 0.15) is 11.1 Å². The molecule has 0 spiro atoms. The van der Waals surface area contributed by atoms with Gasteiger partial charge < -0.3 is 5.32 Å². The van der Waals surface area contributed by atoms with Crippen molar-refractivity contribution >= 4 is 50.9 Å². The summed E-state index contributed by atoms with van der Waals surface area (Å²) >= 11 is 3.02. The number of hydrogen-bond donors (Lipinski definition) is 1. The molecule has 0 aromatic heterocycles. The zero-order chi connectivity index (χ0) is 17.8. The number of benzene rings is 2. The van der Waals surface area contributed by atoms with Crippen molar-refractivity contribution in [3.63, 3.8) is 0 Å². The van der Waals surface area contributed by atoms with Gasteiger partial charge in [0.1, 0.15) is 4.38 Å². The molecule has 0 radical (unpaired) electrons. The first kappa shape index (κ1) is 17.5. The predicted octanol–water partition coefficient (Wildman–Crippen LogP) is 4.51. The van der Waals surface area contributed by atoms with Gasteiger partial charge in [-0.3, -0.25) is 14.9 Å².